The van der Waals surface area contributed by atoms with E-state index in [1.807, 2.05) is 6.07 Å². The summed E-state index contributed by atoms with van der Waals surface area (Å²) in [4.78, 5) is 15.0. The molecule has 0 aliphatic rings. The number of anilines is 1. The first-order valence-corrected chi connectivity index (χ1v) is 5.24. The van der Waals surface area contributed by atoms with Crippen LogP contribution in [0.15, 0.2) is 0 Å². The summed E-state index contributed by atoms with van der Waals surface area (Å²) in [6.07, 6.45) is 0.246. The molecule has 0 amide bonds. The number of thiazole rings is 1. The minimum atomic E-state index is -0.300. The molecule has 0 aromatic carbocycles. The summed E-state index contributed by atoms with van der Waals surface area (Å²) in [6, 6.07) is 1.92. The summed E-state index contributed by atoms with van der Waals surface area (Å²) < 4.78 is 4.46. The van der Waals surface area contributed by atoms with Crippen molar-refractivity contribution in [3.63, 3.8) is 0 Å². The molecule has 0 bridgehead atoms. The normalized spacial score (nSPS) is 9.40. The summed E-state index contributed by atoms with van der Waals surface area (Å²) in [5, 5.41) is 12.2. The third-order valence-electron chi connectivity index (χ3n) is 1.52. The number of nitrogens with one attached hydrogen (secondary N) is 1. The van der Waals surface area contributed by atoms with Gasteiger partial charge >= 0.3 is 5.97 Å². The zero-order chi connectivity index (χ0) is 11.3. The van der Waals surface area contributed by atoms with E-state index >= 15 is 0 Å². The van der Waals surface area contributed by atoms with Crippen molar-refractivity contribution in [2.75, 3.05) is 19.0 Å². The maximum absolute atomic E-state index is 10.8. The van der Waals surface area contributed by atoms with E-state index < -0.39 is 0 Å². The van der Waals surface area contributed by atoms with Crippen molar-refractivity contribution >= 4 is 34.0 Å². The number of carbonyl (C=O) groups excluding carboxylic acids is 1. The van der Waals surface area contributed by atoms with Gasteiger partial charge in [0, 0.05) is 6.54 Å². The number of rotatable bonds is 4. The summed E-state index contributed by atoms with van der Waals surface area (Å²) >= 11 is 6.81. The van der Waals surface area contributed by atoms with Crippen molar-refractivity contribution in [1.29, 1.82) is 5.26 Å². The first-order chi connectivity index (χ1) is 7.17. The lowest BCUT2D eigenvalue weighted by Gasteiger charge is -2.00. The van der Waals surface area contributed by atoms with Crippen LogP contribution in [0.2, 0.25) is 5.15 Å². The molecule has 0 aliphatic carbocycles. The second-order valence-corrected chi connectivity index (χ2v) is 3.86. The standard InChI is InChI=1S/C8H8ClN3O2S/c1-14-6(13)2-3-11-8-12-7(9)5(4-10)15-8/h2-3H2,1H3,(H,11,12). The van der Waals surface area contributed by atoms with E-state index in [9.17, 15) is 4.79 Å². The maximum atomic E-state index is 10.8. The molecule has 80 valence electrons. The van der Waals surface area contributed by atoms with Crippen LogP contribution in [-0.4, -0.2) is 24.6 Å². The van der Waals surface area contributed by atoms with E-state index in [-0.39, 0.29) is 17.5 Å². The van der Waals surface area contributed by atoms with Gasteiger partial charge in [-0.15, -0.1) is 0 Å². The largest absolute Gasteiger partial charge is 0.469 e. The minimum absolute atomic E-state index is 0.183. The Morgan fingerprint density at radius 2 is 2.53 bits per heavy atom. The van der Waals surface area contributed by atoms with Gasteiger partial charge in [0.1, 0.15) is 10.9 Å². The lowest BCUT2D eigenvalue weighted by atomic mass is 10.4. The molecule has 1 aromatic rings. The highest BCUT2D eigenvalue weighted by Gasteiger charge is 2.08. The molecule has 0 unspecified atom stereocenters. The molecule has 15 heavy (non-hydrogen) atoms. The summed E-state index contributed by atoms with van der Waals surface area (Å²) in [6.45, 7) is 0.404. The molecular weight excluding hydrogens is 238 g/mol. The first kappa shape index (κ1) is 11.8. The predicted octanol–water partition coefficient (Wildman–Crippen LogP) is 1.64. The Kier molecular flexibility index (Phi) is 4.34. The van der Waals surface area contributed by atoms with Gasteiger partial charge in [-0.1, -0.05) is 22.9 Å². The molecule has 7 heteroatoms. The van der Waals surface area contributed by atoms with Crippen LogP contribution in [0.4, 0.5) is 5.13 Å². The highest BCUT2D eigenvalue weighted by atomic mass is 35.5. The van der Waals surface area contributed by atoms with Gasteiger partial charge in [0.15, 0.2) is 10.3 Å². The molecule has 0 aliphatic heterocycles. The van der Waals surface area contributed by atoms with Crippen molar-refractivity contribution in [3.8, 4) is 6.07 Å². The summed E-state index contributed by atoms with van der Waals surface area (Å²) in [5.74, 6) is -0.300. The van der Waals surface area contributed by atoms with Crippen molar-refractivity contribution < 1.29 is 9.53 Å². The smallest absolute Gasteiger partial charge is 0.307 e. The Labute approximate surface area is 95.6 Å². The minimum Gasteiger partial charge on any atom is -0.469 e. The number of nitriles is 1. The zero-order valence-corrected chi connectivity index (χ0v) is 9.48. The Morgan fingerprint density at radius 3 is 3.07 bits per heavy atom. The van der Waals surface area contributed by atoms with E-state index in [0.717, 1.165) is 11.3 Å². The Hall–Kier alpha value is -1.32. The number of esters is 1. The zero-order valence-electron chi connectivity index (χ0n) is 7.91. The quantitative estimate of drug-likeness (QED) is 0.817. The molecule has 5 nitrogen and oxygen atoms in total. The van der Waals surface area contributed by atoms with E-state index in [4.69, 9.17) is 16.9 Å². The van der Waals surface area contributed by atoms with Gasteiger partial charge in [-0.2, -0.15) is 5.26 Å². The van der Waals surface area contributed by atoms with Crippen LogP contribution in [0, 0.1) is 11.3 Å². The number of hydrogen-bond donors (Lipinski definition) is 1. The van der Waals surface area contributed by atoms with Crippen LogP contribution < -0.4 is 5.32 Å². The summed E-state index contributed by atoms with van der Waals surface area (Å²) in [5.41, 5.74) is 0. The fourth-order valence-corrected chi connectivity index (χ4v) is 1.79. The number of methoxy groups -OCH3 is 1. The molecule has 0 fully saturated rings. The third kappa shape index (κ3) is 3.38. The van der Waals surface area contributed by atoms with Crippen molar-refractivity contribution in [3.05, 3.63) is 10.0 Å². The fraction of sp³-hybridized carbons (Fsp3) is 0.375. The van der Waals surface area contributed by atoms with Gasteiger partial charge in [-0.3, -0.25) is 4.79 Å². The molecule has 0 radical (unpaired) electrons. The molecule has 1 N–H and O–H groups in total. The second-order valence-electron chi connectivity index (χ2n) is 2.50. The van der Waals surface area contributed by atoms with E-state index in [2.05, 4.69) is 15.0 Å². The SMILES string of the molecule is COC(=O)CCNc1nc(Cl)c(C#N)s1. The highest BCUT2D eigenvalue weighted by Crippen LogP contribution is 2.25. The van der Waals surface area contributed by atoms with Gasteiger partial charge < -0.3 is 10.1 Å². The van der Waals surface area contributed by atoms with Gasteiger partial charge in [0.2, 0.25) is 0 Å². The van der Waals surface area contributed by atoms with Gasteiger partial charge in [-0.25, -0.2) is 4.98 Å². The van der Waals surface area contributed by atoms with Crippen LogP contribution >= 0.6 is 22.9 Å². The molecule has 1 heterocycles. The number of halogens is 1. The van der Waals surface area contributed by atoms with Crippen LogP contribution in [-0.2, 0) is 9.53 Å². The van der Waals surface area contributed by atoms with E-state index in [0.29, 0.717) is 16.6 Å². The second kappa shape index (κ2) is 5.53. The molecule has 0 atom stereocenters. The molecule has 0 saturated carbocycles. The topological polar surface area (TPSA) is 75.0 Å². The summed E-state index contributed by atoms with van der Waals surface area (Å²) in [7, 11) is 1.33. The first-order valence-electron chi connectivity index (χ1n) is 4.04. The average Bonchev–Trinajstić information content (AvgIpc) is 2.58. The van der Waals surface area contributed by atoms with Crippen LogP contribution in [0.3, 0.4) is 0 Å². The van der Waals surface area contributed by atoms with E-state index in [1.54, 1.807) is 0 Å². The van der Waals surface area contributed by atoms with E-state index in [1.165, 1.54) is 7.11 Å². The highest BCUT2D eigenvalue weighted by molar-refractivity contribution is 7.16. The Bertz CT molecular complexity index is 399. The monoisotopic (exact) mass is 245 g/mol. The molecular formula is C8H8ClN3O2S. The molecule has 0 spiro atoms. The molecule has 1 rings (SSSR count). The lowest BCUT2D eigenvalue weighted by Crippen LogP contribution is -2.09. The Morgan fingerprint density at radius 1 is 1.80 bits per heavy atom. The van der Waals surface area contributed by atoms with Crippen molar-refractivity contribution in [1.82, 2.24) is 4.98 Å². The number of ether oxygens (including phenoxy) is 1. The molecule has 1 aromatic heterocycles. The van der Waals surface area contributed by atoms with Crippen molar-refractivity contribution in [2.24, 2.45) is 0 Å². The van der Waals surface area contributed by atoms with Crippen molar-refractivity contribution in [2.45, 2.75) is 6.42 Å². The average molecular weight is 246 g/mol. The van der Waals surface area contributed by atoms with Gasteiger partial charge in [0.05, 0.1) is 13.5 Å². The number of carbonyl (C=O) groups is 1. The fourth-order valence-electron chi connectivity index (χ4n) is 0.820. The van der Waals surface area contributed by atoms with Crippen LogP contribution in [0.25, 0.3) is 0 Å². The lowest BCUT2D eigenvalue weighted by molar-refractivity contribution is -0.140. The van der Waals surface area contributed by atoms with Crippen LogP contribution in [0.5, 0.6) is 0 Å². The van der Waals surface area contributed by atoms with Gasteiger partial charge in [-0.05, 0) is 0 Å². The van der Waals surface area contributed by atoms with Crippen LogP contribution in [0.1, 0.15) is 11.3 Å². The third-order valence-corrected chi connectivity index (χ3v) is 2.82. The number of hydrogen-bond acceptors (Lipinski definition) is 6. The Balaban J connectivity index is 2.45. The molecule has 0 saturated heterocycles. The number of nitrogens with zero attached hydrogens (tertiary/aromatic N) is 2. The number of aromatic nitrogens is 1. The van der Waals surface area contributed by atoms with Gasteiger partial charge in [0.25, 0.3) is 0 Å². The predicted molar refractivity (Wildman–Crippen MR) is 57.0 cm³/mol. The maximum Gasteiger partial charge on any atom is 0.307 e.